The summed E-state index contributed by atoms with van der Waals surface area (Å²) in [5, 5.41) is 7.11. The minimum absolute atomic E-state index is 0. The van der Waals surface area contributed by atoms with Crippen molar-refractivity contribution in [3.63, 3.8) is 0 Å². The molecule has 0 spiro atoms. The van der Waals surface area contributed by atoms with Gasteiger partial charge in [0.05, 0.1) is 7.11 Å². The molecule has 0 unspecified atom stereocenters. The van der Waals surface area contributed by atoms with Crippen LogP contribution in [0.25, 0.3) is 0 Å². The molecule has 0 fully saturated rings. The van der Waals surface area contributed by atoms with Crippen LogP contribution in [0.15, 0.2) is 23.2 Å². The summed E-state index contributed by atoms with van der Waals surface area (Å²) >= 11 is 5.94. The topological polar surface area (TPSA) is 54.9 Å². The van der Waals surface area contributed by atoms with Crippen LogP contribution in [0.4, 0.5) is 0 Å². The monoisotopic (exact) mass is 427 g/mol. The Hall–Kier alpha value is -0.730. The van der Waals surface area contributed by atoms with E-state index in [2.05, 4.69) is 15.6 Å². The first-order valence-corrected chi connectivity index (χ1v) is 6.85. The van der Waals surface area contributed by atoms with Crippen LogP contribution in [0, 0.1) is 0 Å². The van der Waals surface area contributed by atoms with Gasteiger partial charge in [0.15, 0.2) is 5.96 Å². The first kappa shape index (κ1) is 20.3. The molecule has 120 valence electrons. The van der Waals surface area contributed by atoms with E-state index in [-0.39, 0.29) is 24.0 Å². The van der Waals surface area contributed by atoms with Crippen LogP contribution in [-0.4, -0.2) is 40.4 Å². The van der Waals surface area contributed by atoms with Crippen molar-refractivity contribution in [2.75, 3.05) is 34.4 Å². The largest absolute Gasteiger partial charge is 0.496 e. The molecule has 1 rings (SSSR count). The third-order valence-corrected chi connectivity index (χ3v) is 2.97. The molecule has 1 aromatic rings. The van der Waals surface area contributed by atoms with Gasteiger partial charge in [0.2, 0.25) is 0 Å². The van der Waals surface area contributed by atoms with Crippen LogP contribution < -0.4 is 15.4 Å². The molecule has 0 aliphatic heterocycles. The van der Waals surface area contributed by atoms with Gasteiger partial charge in [-0.2, -0.15) is 0 Å². The molecule has 0 aliphatic carbocycles. The molecule has 0 saturated carbocycles. The van der Waals surface area contributed by atoms with E-state index in [9.17, 15) is 0 Å². The highest BCUT2D eigenvalue weighted by atomic mass is 127. The lowest BCUT2D eigenvalue weighted by Gasteiger charge is -2.13. The smallest absolute Gasteiger partial charge is 0.191 e. The highest BCUT2D eigenvalue weighted by Gasteiger charge is 2.05. The van der Waals surface area contributed by atoms with Gasteiger partial charge in [0.1, 0.15) is 5.75 Å². The number of aliphatic imine (C=N–C) groups is 1. The predicted molar refractivity (Wildman–Crippen MR) is 98.1 cm³/mol. The molecule has 0 atom stereocenters. The number of nitrogens with one attached hydrogen (secondary N) is 2. The standard InChI is InChI=1S/C14H22ClN3O2.HI/c1-16-14(17-7-4-8-19-2)18-10-11-5-6-12(15)9-13(11)20-3;/h5-6,9H,4,7-8,10H2,1-3H3,(H2,16,17,18);1H. The number of guanidine groups is 1. The van der Waals surface area contributed by atoms with Crippen LogP contribution in [0.5, 0.6) is 5.75 Å². The van der Waals surface area contributed by atoms with Gasteiger partial charge in [0.25, 0.3) is 0 Å². The quantitative estimate of drug-likeness (QED) is 0.304. The van der Waals surface area contributed by atoms with Gasteiger partial charge in [-0.15, -0.1) is 24.0 Å². The number of hydrogen-bond acceptors (Lipinski definition) is 3. The zero-order chi connectivity index (χ0) is 14.8. The first-order valence-electron chi connectivity index (χ1n) is 6.47. The third-order valence-electron chi connectivity index (χ3n) is 2.74. The zero-order valence-electron chi connectivity index (χ0n) is 12.6. The number of rotatable bonds is 7. The number of benzene rings is 1. The lowest BCUT2D eigenvalue weighted by Crippen LogP contribution is -2.37. The molecule has 1 aromatic carbocycles. The van der Waals surface area contributed by atoms with Crippen molar-refractivity contribution in [2.45, 2.75) is 13.0 Å². The van der Waals surface area contributed by atoms with Gasteiger partial charge < -0.3 is 20.1 Å². The molecule has 0 saturated heterocycles. The summed E-state index contributed by atoms with van der Waals surface area (Å²) in [7, 11) is 5.07. The van der Waals surface area contributed by atoms with E-state index in [1.165, 1.54) is 0 Å². The maximum atomic E-state index is 5.94. The van der Waals surface area contributed by atoms with E-state index in [0.29, 0.717) is 11.6 Å². The third kappa shape index (κ3) is 7.73. The molecule has 0 radical (unpaired) electrons. The molecule has 0 aromatic heterocycles. The van der Waals surface area contributed by atoms with Crippen molar-refractivity contribution in [1.82, 2.24) is 10.6 Å². The lowest BCUT2D eigenvalue weighted by atomic mass is 10.2. The highest BCUT2D eigenvalue weighted by Crippen LogP contribution is 2.22. The van der Waals surface area contributed by atoms with Crippen molar-refractivity contribution in [3.05, 3.63) is 28.8 Å². The fraction of sp³-hybridized carbons (Fsp3) is 0.500. The summed E-state index contributed by atoms with van der Waals surface area (Å²) in [6.07, 6.45) is 0.932. The Kier molecular flexibility index (Phi) is 11.5. The fourth-order valence-electron chi connectivity index (χ4n) is 1.69. The van der Waals surface area contributed by atoms with E-state index in [1.54, 1.807) is 27.3 Å². The van der Waals surface area contributed by atoms with Crippen LogP contribution in [-0.2, 0) is 11.3 Å². The van der Waals surface area contributed by atoms with Gasteiger partial charge in [-0.3, -0.25) is 4.99 Å². The second-order valence-electron chi connectivity index (χ2n) is 4.16. The fourth-order valence-corrected chi connectivity index (χ4v) is 1.85. The Morgan fingerprint density at radius 3 is 2.67 bits per heavy atom. The SMILES string of the molecule is CN=C(NCCCOC)NCc1ccc(Cl)cc1OC.I. The maximum absolute atomic E-state index is 5.94. The van der Waals surface area contributed by atoms with E-state index in [4.69, 9.17) is 21.1 Å². The predicted octanol–water partition coefficient (Wildman–Crippen LogP) is 2.67. The van der Waals surface area contributed by atoms with Crippen LogP contribution in [0.3, 0.4) is 0 Å². The van der Waals surface area contributed by atoms with Gasteiger partial charge in [-0.1, -0.05) is 17.7 Å². The van der Waals surface area contributed by atoms with Gasteiger partial charge in [-0.05, 0) is 18.6 Å². The minimum Gasteiger partial charge on any atom is -0.496 e. The number of ether oxygens (including phenoxy) is 2. The van der Waals surface area contributed by atoms with Crippen LogP contribution >= 0.6 is 35.6 Å². The van der Waals surface area contributed by atoms with Gasteiger partial charge >= 0.3 is 0 Å². The lowest BCUT2D eigenvalue weighted by molar-refractivity contribution is 0.195. The molecule has 7 heteroatoms. The number of hydrogen-bond donors (Lipinski definition) is 2. The van der Waals surface area contributed by atoms with E-state index < -0.39 is 0 Å². The maximum Gasteiger partial charge on any atom is 0.191 e. The molecule has 0 aliphatic rings. The van der Waals surface area contributed by atoms with Crippen molar-refractivity contribution >= 4 is 41.5 Å². The summed E-state index contributed by atoms with van der Waals surface area (Å²) in [6.45, 7) is 2.16. The number of halogens is 2. The Labute approximate surface area is 148 Å². The van der Waals surface area contributed by atoms with E-state index in [1.807, 2.05) is 12.1 Å². The van der Waals surface area contributed by atoms with Gasteiger partial charge in [0, 0.05) is 44.4 Å². The van der Waals surface area contributed by atoms with Gasteiger partial charge in [-0.25, -0.2) is 0 Å². The summed E-state index contributed by atoms with van der Waals surface area (Å²) in [5.41, 5.74) is 1.02. The summed E-state index contributed by atoms with van der Waals surface area (Å²) < 4.78 is 10.3. The Balaban J connectivity index is 0.00000400. The molecular formula is C14H23ClIN3O2. The molecule has 0 heterocycles. The molecule has 0 bridgehead atoms. The van der Waals surface area contributed by atoms with E-state index >= 15 is 0 Å². The zero-order valence-corrected chi connectivity index (χ0v) is 15.7. The van der Waals surface area contributed by atoms with E-state index in [0.717, 1.165) is 36.8 Å². The molecule has 21 heavy (non-hydrogen) atoms. The van der Waals surface area contributed by atoms with Crippen molar-refractivity contribution in [2.24, 2.45) is 4.99 Å². The summed E-state index contributed by atoms with van der Waals surface area (Å²) in [6, 6.07) is 5.58. The molecule has 0 amide bonds. The highest BCUT2D eigenvalue weighted by molar-refractivity contribution is 14.0. The molecule has 2 N–H and O–H groups in total. The first-order chi connectivity index (χ1) is 9.71. The number of methoxy groups -OCH3 is 2. The number of nitrogens with zero attached hydrogens (tertiary/aromatic N) is 1. The second kappa shape index (κ2) is 11.9. The van der Waals surface area contributed by atoms with Crippen molar-refractivity contribution in [1.29, 1.82) is 0 Å². The van der Waals surface area contributed by atoms with Crippen LogP contribution in [0.1, 0.15) is 12.0 Å². The minimum atomic E-state index is 0. The Morgan fingerprint density at radius 1 is 1.29 bits per heavy atom. The van der Waals surface area contributed by atoms with Crippen molar-refractivity contribution < 1.29 is 9.47 Å². The average Bonchev–Trinajstić information content (AvgIpc) is 2.47. The Bertz CT molecular complexity index is 444. The second-order valence-corrected chi connectivity index (χ2v) is 4.59. The summed E-state index contributed by atoms with van der Waals surface area (Å²) in [4.78, 5) is 4.16. The summed E-state index contributed by atoms with van der Waals surface area (Å²) in [5.74, 6) is 1.51. The van der Waals surface area contributed by atoms with Crippen LogP contribution in [0.2, 0.25) is 5.02 Å². The molecule has 5 nitrogen and oxygen atoms in total. The molecular weight excluding hydrogens is 405 g/mol. The normalized spacial score (nSPS) is 10.8. The Morgan fingerprint density at radius 2 is 2.05 bits per heavy atom. The average molecular weight is 428 g/mol. The van der Waals surface area contributed by atoms with Crippen molar-refractivity contribution in [3.8, 4) is 5.75 Å².